The number of amides is 1. The lowest BCUT2D eigenvalue weighted by atomic mass is 10.0. The van der Waals surface area contributed by atoms with Crippen molar-refractivity contribution in [2.24, 2.45) is 0 Å². The minimum atomic E-state index is -0.517. The number of aryl methyl sites for hydroxylation is 2. The molecular formula is C30H32N2O3. The fourth-order valence-corrected chi connectivity index (χ4v) is 4.77. The summed E-state index contributed by atoms with van der Waals surface area (Å²) in [5.74, 6) is -0.364. The zero-order valence-electron chi connectivity index (χ0n) is 21.5. The first kappa shape index (κ1) is 24.3. The number of carbonyl (C=O) groups is 2. The fourth-order valence-electron chi connectivity index (χ4n) is 4.77. The van der Waals surface area contributed by atoms with Gasteiger partial charge in [0.1, 0.15) is 0 Å². The van der Waals surface area contributed by atoms with Crippen molar-refractivity contribution in [2.45, 2.75) is 47.5 Å². The predicted octanol–water partition coefficient (Wildman–Crippen LogP) is 6.40. The smallest absolute Gasteiger partial charge is 0.340 e. The van der Waals surface area contributed by atoms with Gasteiger partial charge in [-0.1, -0.05) is 44.2 Å². The van der Waals surface area contributed by atoms with Crippen LogP contribution in [0.4, 0.5) is 5.69 Å². The minimum absolute atomic E-state index is 0.235. The van der Waals surface area contributed by atoms with Gasteiger partial charge in [0.25, 0.3) is 5.91 Å². The number of para-hydroxylation sites is 1. The minimum Gasteiger partial charge on any atom is -0.465 e. The molecule has 180 valence electrons. The number of hydrogen-bond donors (Lipinski definition) is 0. The molecule has 0 bridgehead atoms. The topological polar surface area (TPSA) is 51.5 Å². The van der Waals surface area contributed by atoms with Crippen LogP contribution in [-0.2, 0) is 14.3 Å². The van der Waals surface area contributed by atoms with Crippen LogP contribution in [0, 0.1) is 20.8 Å². The molecular weight excluding hydrogens is 436 g/mol. The summed E-state index contributed by atoms with van der Waals surface area (Å²) in [6, 6.07) is 18.2. The van der Waals surface area contributed by atoms with Crippen molar-refractivity contribution >= 4 is 23.6 Å². The maximum atomic E-state index is 13.7. The lowest BCUT2D eigenvalue weighted by Gasteiger charge is -2.19. The van der Waals surface area contributed by atoms with Crippen molar-refractivity contribution in [3.8, 4) is 5.69 Å². The Morgan fingerprint density at radius 1 is 0.971 bits per heavy atom. The molecule has 0 radical (unpaired) electrons. The molecule has 4 rings (SSSR count). The predicted molar refractivity (Wildman–Crippen MR) is 141 cm³/mol. The molecule has 1 aliphatic heterocycles. The molecule has 0 fully saturated rings. The number of nitrogens with zero attached hydrogens (tertiary/aromatic N) is 2. The van der Waals surface area contributed by atoms with Gasteiger partial charge in [-0.2, -0.15) is 0 Å². The van der Waals surface area contributed by atoms with Crippen molar-refractivity contribution in [3.63, 3.8) is 0 Å². The number of allylic oxidation sites excluding steroid dienone is 1. The second kappa shape index (κ2) is 9.41. The number of hydrogen-bond acceptors (Lipinski definition) is 3. The van der Waals surface area contributed by atoms with E-state index in [0.29, 0.717) is 22.8 Å². The van der Waals surface area contributed by atoms with Gasteiger partial charge in [-0.3, -0.25) is 9.69 Å². The number of methoxy groups -OCH3 is 1. The van der Waals surface area contributed by atoms with E-state index in [2.05, 4.69) is 37.5 Å². The van der Waals surface area contributed by atoms with Crippen molar-refractivity contribution in [3.05, 3.63) is 99.5 Å². The molecule has 0 saturated carbocycles. The van der Waals surface area contributed by atoms with Gasteiger partial charge < -0.3 is 9.30 Å². The Bertz CT molecular complexity index is 1370. The highest BCUT2D eigenvalue weighted by Crippen LogP contribution is 2.37. The highest BCUT2D eigenvalue weighted by Gasteiger charge is 2.38. The lowest BCUT2D eigenvalue weighted by molar-refractivity contribution is -0.136. The first-order chi connectivity index (χ1) is 16.6. The zero-order chi connectivity index (χ0) is 25.4. The summed E-state index contributed by atoms with van der Waals surface area (Å²) in [6.45, 7) is 12.2. The van der Waals surface area contributed by atoms with Crippen molar-refractivity contribution in [1.29, 1.82) is 0 Å². The van der Waals surface area contributed by atoms with E-state index in [1.807, 2.05) is 62.4 Å². The van der Waals surface area contributed by atoms with Crippen LogP contribution in [0.25, 0.3) is 11.8 Å². The maximum Gasteiger partial charge on any atom is 0.340 e. The van der Waals surface area contributed by atoms with E-state index in [-0.39, 0.29) is 5.91 Å². The van der Waals surface area contributed by atoms with Gasteiger partial charge in [-0.15, -0.1) is 0 Å². The van der Waals surface area contributed by atoms with Crippen LogP contribution in [0.2, 0.25) is 0 Å². The summed E-state index contributed by atoms with van der Waals surface area (Å²) < 4.78 is 7.26. The van der Waals surface area contributed by atoms with E-state index in [0.717, 1.165) is 33.9 Å². The van der Waals surface area contributed by atoms with Gasteiger partial charge >= 0.3 is 5.97 Å². The number of rotatable bonds is 5. The Labute approximate surface area is 207 Å². The van der Waals surface area contributed by atoms with Crippen molar-refractivity contribution in [2.75, 3.05) is 12.0 Å². The van der Waals surface area contributed by atoms with Gasteiger partial charge in [-0.25, -0.2) is 4.79 Å². The molecule has 1 aliphatic rings. The normalized spacial score (nSPS) is 15.0. The molecule has 5 nitrogen and oxygen atoms in total. The summed E-state index contributed by atoms with van der Waals surface area (Å²) in [7, 11) is 1.34. The molecule has 0 unspecified atom stereocenters. The highest BCUT2D eigenvalue weighted by atomic mass is 16.5. The van der Waals surface area contributed by atoms with E-state index in [9.17, 15) is 9.59 Å². The first-order valence-electron chi connectivity index (χ1n) is 11.9. The van der Waals surface area contributed by atoms with E-state index in [1.165, 1.54) is 12.7 Å². The number of carbonyl (C=O) groups excluding carboxylic acids is 2. The Balaban J connectivity index is 1.83. The van der Waals surface area contributed by atoms with Crippen molar-refractivity contribution < 1.29 is 14.3 Å². The van der Waals surface area contributed by atoms with Crippen LogP contribution < -0.4 is 4.90 Å². The third kappa shape index (κ3) is 4.23. The molecule has 2 aromatic carbocycles. The molecule has 35 heavy (non-hydrogen) atoms. The third-order valence-corrected chi connectivity index (χ3v) is 6.73. The van der Waals surface area contributed by atoms with Gasteiger partial charge in [-0.05, 0) is 80.6 Å². The average Bonchev–Trinajstić information content (AvgIpc) is 3.25. The van der Waals surface area contributed by atoms with Crippen LogP contribution in [0.3, 0.4) is 0 Å². The molecule has 0 aliphatic carbocycles. The van der Waals surface area contributed by atoms with E-state index >= 15 is 0 Å². The molecule has 1 amide bonds. The van der Waals surface area contributed by atoms with Gasteiger partial charge in [0.2, 0.25) is 0 Å². The second-order valence-corrected chi connectivity index (χ2v) is 9.35. The summed E-state index contributed by atoms with van der Waals surface area (Å²) in [6.07, 6.45) is 1.82. The Morgan fingerprint density at radius 2 is 1.63 bits per heavy atom. The molecule has 0 N–H and O–H groups in total. The second-order valence-electron chi connectivity index (χ2n) is 9.35. The largest absolute Gasteiger partial charge is 0.465 e. The molecule has 2 heterocycles. The van der Waals surface area contributed by atoms with Crippen molar-refractivity contribution in [1.82, 2.24) is 4.57 Å². The number of benzene rings is 2. The molecule has 0 spiro atoms. The Morgan fingerprint density at radius 3 is 2.23 bits per heavy atom. The SMILES string of the molecule is COC(=O)C1=C(C)N(c2ccc(C(C)C)cc2)C(=O)/C1=C\c1cc(C)n(-c2ccccc2C)c1C. The molecule has 3 aromatic rings. The fraction of sp³-hybridized carbons (Fsp3) is 0.267. The van der Waals surface area contributed by atoms with E-state index < -0.39 is 5.97 Å². The first-order valence-corrected chi connectivity index (χ1v) is 11.9. The van der Waals surface area contributed by atoms with Crippen LogP contribution >= 0.6 is 0 Å². The van der Waals surface area contributed by atoms with Gasteiger partial charge in [0.15, 0.2) is 0 Å². The molecule has 0 atom stereocenters. The van der Waals surface area contributed by atoms with Crippen LogP contribution in [0.5, 0.6) is 0 Å². The summed E-state index contributed by atoms with van der Waals surface area (Å²) in [5, 5.41) is 0. The van der Waals surface area contributed by atoms with Crippen LogP contribution in [0.1, 0.15) is 54.8 Å². The van der Waals surface area contributed by atoms with Crippen LogP contribution in [-0.4, -0.2) is 23.6 Å². The zero-order valence-corrected chi connectivity index (χ0v) is 21.5. The quantitative estimate of drug-likeness (QED) is 0.321. The number of esters is 1. The third-order valence-electron chi connectivity index (χ3n) is 6.73. The van der Waals surface area contributed by atoms with E-state index in [1.54, 1.807) is 11.8 Å². The average molecular weight is 469 g/mol. The summed E-state index contributed by atoms with van der Waals surface area (Å²) in [5.41, 5.74) is 8.32. The van der Waals surface area contributed by atoms with E-state index in [4.69, 9.17) is 4.74 Å². The molecule has 0 saturated heterocycles. The summed E-state index contributed by atoms with van der Waals surface area (Å²) in [4.78, 5) is 28.1. The Hall–Kier alpha value is -3.86. The highest BCUT2D eigenvalue weighted by molar-refractivity contribution is 6.23. The van der Waals surface area contributed by atoms with Gasteiger partial charge in [0.05, 0.1) is 18.3 Å². The molecule has 1 aromatic heterocycles. The Kier molecular flexibility index (Phi) is 6.53. The monoisotopic (exact) mass is 468 g/mol. The van der Waals surface area contributed by atoms with Gasteiger partial charge in [0, 0.05) is 28.5 Å². The standard InChI is InChI=1S/C30H32N2O3/c1-18(2)23-12-14-25(15-13-23)32-22(6)28(30(34)35-7)26(29(32)33)17-24-16-20(4)31(21(24)5)27-11-9-8-10-19(27)3/h8-18H,1-7H3/b26-17-. The lowest BCUT2D eigenvalue weighted by Crippen LogP contribution is -2.24. The summed E-state index contributed by atoms with van der Waals surface area (Å²) >= 11 is 0. The molecule has 5 heteroatoms. The number of anilines is 1. The maximum absolute atomic E-state index is 13.7. The number of ether oxygens (including phenoxy) is 1. The number of aromatic nitrogens is 1. The van der Waals surface area contributed by atoms with Crippen LogP contribution in [0.15, 0.2) is 71.4 Å².